The molecule has 3 aliphatic heterocycles. The molecule has 0 radical (unpaired) electrons. The van der Waals surface area contributed by atoms with Crippen LogP contribution in [0.25, 0.3) is 0 Å². The molecule has 27 heavy (non-hydrogen) atoms. The Morgan fingerprint density at radius 1 is 0.852 bits per heavy atom. The highest BCUT2D eigenvalue weighted by molar-refractivity contribution is 5.52. The highest BCUT2D eigenvalue weighted by Crippen LogP contribution is 2.37. The molecular weight excluding hydrogens is 340 g/mol. The monoisotopic (exact) mass is 366 g/mol. The fraction of sp³-hybridized carbons (Fsp3) is 0.455. The van der Waals surface area contributed by atoms with Crippen LogP contribution in [0.2, 0.25) is 0 Å². The van der Waals surface area contributed by atoms with Crippen LogP contribution in [0.5, 0.6) is 11.5 Å². The van der Waals surface area contributed by atoms with E-state index in [0.717, 1.165) is 49.7 Å². The number of fused-ring (bicyclic) bond motifs is 2. The van der Waals surface area contributed by atoms with Gasteiger partial charge in [0.2, 0.25) is 0 Å². The molecule has 0 N–H and O–H groups in total. The van der Waals surface area contributed by atoms with E-state index in [4.69, 9.17) is 14.2 Å². The van der Waals surface area contributed by atoms with Crippen molar-refractivity contribution in [1.82, 2.24) is 4.90 Å². The Morgan fingerprint density at radius 3 is 2.52 bits per heavy atom. The van der Waals surface area contributed by atoms with Gasteiger partial charge in [0.05, 0.1) is 12.7 Å². The highest BCUT2D eigenvalue weighted by Gasteiger charge is 2.24. The second kappa shape index (κ2) is 7.06. The van der Waals surface area contributed by atoms with Crippen LogP contribution in [-0.2, 0) is 17.8 Å². The van der Waals surface area contributed by atoms with Gasteiger partial charge >= 0.3 is 0 Å². The first-order valence-corrected chi connectivity index (χ1v) is 9.83. The van der Waals surface area contributed by atoms with Crippen LogP contribution >= 0.6 is 0 Å². The molecule has 5 rings (SSSR count). The van der Waals surface area contributed by atoms with Crippen LogP contribution in [0.3, 0.4) is 0 Å². The summed E-state index contributed by atoms with van der Waals surface area (Å²) in [5.74, 6) is 1.66. The predicted octanol–water partition coefficient (Wildman–Crippen LogP) is 3.02. The first-order valence-electron chi connectivity index (χ1n) is 9.83. The summed E-state index contributed by atoms with van der Waals surface area (Å²) in [5, 5.41) is 0. The molecule has 1 fully saturated rings. The summed E-state index contributed by atoms with van der Waals surface area (Å²) < 4.78 is 17.6. The molecule has 1 unspecified atom stereocenters. The molecule has 142 valence electrons. The van der Waals surface area contributed by atoms with Gasteiger partial charge in [0.25, 0.3) is 0 Å². The fourth-order valence-corrected chi connectivity index (χ4v) is 4.13. The molecule has 5 nitrogen and oxygen atoms in total. The normalized spacial score (nSPS) is 22.4. The molecule has 2 aromatic rings. The molecule has 2 aromatic carbocycles. The molecule has 0 bridgehead atoms. The number of benzene rings is 2. The summed E-state index contributed by atoms with van der Waals surface area (Å²) in [7, 11) is 2.19. The van der Waals surface area contributed by atoms with Gasteiger partial charge in [0, 0.05) is 38.3 Å². The van der Waals surface area contributed by atoms with Gasteiger partial charge in [-0.05, 0) is 48.0 Å². The molecule has 1 saturated heterocycles. The Morgan fingerprint density at radius 2 is 1.67 bits per heavy atom. The van der Waals surface area contributed by atoms with Gasteiger partial charge in [0.15, 0.2) is 11.5 Å². The van der Waals surface area contributed by atoms with Crippen molar-refractivity contribution < 1.29 is 14.2 Å². The number of likely N-dealkylation sites (N-methyl/N-ethyl adjacent to an activating group) is 1. The average Bonchev–Trinajstić information content (AvgIpc) is 2.73. The van der Waals surface area contributed by atoms with E-state index in [9.17, 15) is 0 Å². The van der Waals surface area contributed by atoms with Gasteiger partial charge < -0.3 is 24.0 Å². The van der Waals surface area contributed by atoms with Crippen molar-refractivity contribution in [1.29, 1.82) is 0 Å². The highest BCUT2D eigenvalue weighted by atomic mass is 16.6. The second-order valence-electron chi connectivity index (χ2n) is 7.65. The van der Waals surface area contributed by atoms with E-state index in [-0.39, 0.29) is 6.10 Å². The number of hydrogen-bond donors (Lipinski definition) is 0. The first-order chi connectivity index (χ1) is 13.3. The Labute approximate surface area is 160 Å². The van der Waals surface area contributed by atoms with Crippen molar-refractivity contribution in [2.45, 2.75) is 19.1 Å². The van der Waals surface area contributed by atoms with Gasteiger partial charge in [-0.15, -0.1) is 0 Å². The largest absolute Gasteiger partial charge is 0.486 e. The van der Waals surface area contributed by atoms with Crippen molar-refractivity contribution in [3.8, 4) is 11.5 Å². The van der Waals surface area contributed by atoms with Gasteiger partial charge in [-0.3, -0.25) is 0 Å². The summed E-state index contributed by atoms with van der Waals surface area (Å²) in [4.78, 5) is 4.86. The number of ether oxygens (including phenoxy) is 3. The van der Waals surface area contributed by atoms with Crippen LogP contribution in [0.4, 0.5) is 5.69 Å². The van der Waals surface area contributed by atoms with Gasteiger partial charge in [-0.2, -0.15) is 0 Å². The quantitative estimate of drug-likeness (QED) is 0.816. The van der Waals surface area contributed by atoms with E-state index >= 15 is 0 Å². The summed E-state index contributed by atoms with van der Waals surface area (Å²) in [6.07, 6.45) is 0.973. The van der Waals surface area contributed by atoms with Crippen molar-refractivity contribution in [2.75, 3.05) is 51.3 Å². The van der Waals surface area contributed by atoms with Gasteiger partial charge in [0.1, 0.15) is 13.2 Å². The zero-order chi connectivity index (χ0) is 18.2. The number of hydrogen-bond acceptors (Lipinski definition) is 5. The lowest BCUT2D eigenvalue weighted by Crippen LogP contribution is -2.44. The van der Waals surface area contributed by atoms with Gasteiger partial charge in [-0.25, -0.2) is 0 Å². The van der Waals surface area contributed by atoms with Crippen molar-refractivity contribution >= 4 is 5.69 Å². The molecule has 1 atom stereocenters. The molecule has 0 aliphatic carbocycles. The minimum Gasteiger partial charge on any atom is -0.486 e. The summed E-state index contributed by atoms with van der Waals surface area (Å²) in [6.45, 7) is 6.33. The number of rotatable bonds is 2. The van der Waals surface area contributed by atoms with Crippen LogP contribution < -0.4 is 14.4 Å². The minimum atomic E-state index is 0.0720. The molecule has 3 aliphatic rings. The molecule has 0 saturated carbocycles. The number of piperazine rings is 1. The maximum absolute atomic E-state index is 6.22. The smallest absolute Gasteiger partial charge is 0.161 e. The Balaban J connectivity index is 1.33. The van der Waals surface area contributed by atoms with Crippen LogP contribution in [0.1, 0.15) is 22.8 Å². The number of nitrogens with zero attached hydrogens (tertiary/aromatic N) is 2. The molecule has 0 spiro atoms. The van der Waals surface area contributed by atoms with E-state index in [1.807, 2.05) is 6.07 Å². The molecule has 5 heteroatoms. The average molecular weight is 366 g/mol. The fourth-order valence-electron chi connectivity index (χ4n) is 4.13. The van der Waals surface area contributed by atoms with E-state index in [1.54, 1.807) is 0 Å². The van der Waals surface area contributed by atoms with Crippen LogP contribution in [0, 0.1) is 0 Å². The Bertz CT molecular complexity index is 830. The third kappa shape index (κ3) is 3.37. The second-order valence-corrected chi connectivity index (χ2v) is 7.65. The summed E-state index contributed by atoms with van der Waals surface area (Å²) >= 11 is 0. The Hall–Kier alpha value is -2.24. The van der Waals surface area contributed by atoms with E-state index < -0.39 is 0 Å². The lowest BCUT2D eigenvalue weighted by atomic mass is 9.94. The maximum Gasteiger partial charge on any atom is 0.161 e. The predicted molar refractivity (Wildman–Crippen MR) is 105 cm³/mol. The summed E-state index contributed by atoms with van der Waals surface area (Å²) in [6, 6.07) is 13.1. The third-order valence-electron chi connectivity index (χ3n) is 5.84. The van der Waals surface area contributed by atoms with E-state index in [2.05, 4.69) is 47.2 Å². The molecular formula is C22H26N2O3. The zero-order valence-corrected chi connectivity index (χ0v) is 15.8. The van der Waals surface area contributed by atoms with Crippen LogP contribution in [0.15, 0.2) is 36.4 Å². The van der Waals surface area contributed by atoms with E-state index in [1.165, 1.54) is 16.8 Å². The van der Waals surface area contributed by atoms with Gasteiger partial charge in [-0.1, -0.05) is 12.1 Å². The van der Waals surface area contributed by atoms with E-state index in [0.29, 0.717) is 19.8 Å². The standard InChI is InChI=1S/C22H26N2O3/c1-23-6-8-24(9-7-23)19-4-2-16-13-21(27-15-18(16)12-19)17-3-5-20-22(14-17)26-11-10-25-20/h2-5,12,14,21H,6-11,13,15H2,1H3. The zero-order valence-electron chi connectivity index (χ0n) is 15.8. The molecule has 3 heterocycles. The minimum absolute atomic E-state index is 0.0720. The topological polar surface area (TPSA) is 34.2 Å². The maximum atomic E-state index is 6.22. The van der Waals surface area contributed by atoms with Crippen molar-refractivity contribution in [3.05, 3.63) is 53.1 Å². The summed E-state index contributed by atoms with van der Waals surface area (Å²) in [5.41, 5.74) is 5.19. The third-order valence-corrected chi connectivity index (χ3v) is 5.84. The van der Waals surface area contributed by atoms with Crippen molar-refractivity contribution in [3.63, 3.8) is 0 Å². The Kier molecular flexibility index (Phi) is 4.42. The molecule has 0 amide bonds. The lowest BCUT2D eigenvalue weighted by molar-refractivity contribution is 0.0271. The van der Waals surface area contributed by atoms with Crippen molar-refractivity contribution in [2.24, 2.45) is 0 Å². The first kappa shape index (κ1) is 16.9. The molecule has 0 aromatic heterocycles. The lowest BCUT2D eigenvalue weighted by Gasteiger charge is -2.35. The number of anilines is 1. The SMILES string of the molecule is CN1CCN(c2ccc3c(c2)COC(c2ccc4c(c2)OCCO4)C3)CC1. The van der Waals surface area contributed by atoms with Crippen LogP contribution in [-0.4, -0.2) is 51.3 Å².